The van der Waals surface area contributed by atoms with Crippen LogP contribution in [-0.2, 0) is 11.3 Å². The summed E-state index contributed by atoms with van der Waals surface area (Å²) in [5, 5.41) is 12.4. The second-order valence-corrected chi connectivity index (χ2v) is 8.86. The van der Waals surface area contributed by atoms with Gasteiger partial charge in [-0.05, 0) is 61.4 Å². The third kappa shape index (κ3) is 5.43. The summed E-state index contributed by atoms with van der Waals surface area (Å²) < 4.78 is 13.4. The van der Waals surface area contributed by atoms with Gasteiger partial charge in [-0.25, -0.2) is 0 Å². The molecular weight excluding hydrogens is 450 g/mol. The van der Waals surface area contributed by atoms with Crippen LogP contribution in [0, 0.1) is 0 Å². The maximum atomic E-state index is 12.6. The molecule has 1 N–H and O–H groups in total. The molecule has 3 heterocycles. The average Bonchev–Trinajstić information content (AvgIpc) is 3.63. The van der Waals surface area contributed by atoms with Crippen molar-refractivity contribution < 1.29 is 13.9 Å². The van der Waals surface area contributed by atoms with E-state index in [0.717, 1.165) is 43.4 Å². The van der Waals surface area contributed by atoms with Gasteiger partial charge in [0.15, 0.2) is 5.16 Å². The molecule has 1 aliphatic rings. The lowest BCUT2D eigenvalue weighted by molar-refractivity contribution is -0.113. The Morgan fingerprint density at radius 3 is 2.47 bits per heavy atom. The first-order chi connectivity index (χ1) is 16.7. The van der Waals surface area contributed by atoms with Crippen LogP contribution in [0.2, 0.25) is 0 Å². The zero-order chi connectivity index (χ0) is 23.2. The van der Waals surface area contributed by atoms with Crippen molar-refractivity contribution in [2.24, 2.45) is 0 Å². The van der Waals surface area contributed by atoms with Gasteiger partial charge in [0.1, 0.15) is 17.3 Å². The fourth-order valence-corrected chi connectivity index (χ4v) is 4.53. The Labute approximate surface area is 201 Å². The van der Waals surface area contributed by atoms with Gasteiger partial charge in [0.2, 0.25) is 11.9 Å². The number of nitrogens with one attached hydrogen (secondary N) is 1. The molecule has 0 spiro atoms. The van der Waals surface area contributed by atoms with E-state index in [4.69, 9.17) is 9.15 Å². The predicted octanol–water partition coefficient (Wildman–Crippen LogP) is 5.04. The smallest absolute Gasteiger partial charge is 0.234 e. The Morgan fingerprint density at radius 2 is 1.74 bits per heavy atom. The molecule has 2 aromatic carbocycles. The molecule has 1 fully saturated rings. The van der Waals surface area contributed by atoms with Crippen molar-refractivity contribution in [1.29, 1.82) is 0 Å². The van der Waals surface area contributed by atoms with E-state index in [1.807, 2.05) is 71.3 Å². The number of benzene rings is 2. The number of hydrogen-bond acceptors (Lipinski definition) is 7. The standard InChI is InChI=1S/C25H25N5O3S/c31-23(26-19-10-12-21(13-11-19)33-20-7-2-1-3-8-20)18-34-25-28-27-24(29-14-4-5-15-29)30(25)17-22-9-6-16-32-22/h1-3,6-13,16H,4-5,14-15,17-18H2,(H,26,31). The number of anilines is 2. The van der Waals surface area contributed by atoms with Gasteiger partial charge in [-0.3, -0.25) is 9.36 Å². The van der Waals surface area contributed by atoms with Crippen LogP contribution in [0.1, 0.15) is 18.6 Å². The van der Waals surface area contributed by atoms with Crippen LogP contribution >= 0.6 is 11.8 Å². The van der Waals surface area contributed by atoms with Crippen LogP contribution < -0.4 is 15.0 Å². The highest BCUT2D eigenvalue weighted by Gasteiger charge is 2.22. The molecule has 174 valence electrons. The first kappa shape index (κ1) is 22.1. The van der Waals surface area contributed by atoms with E-state index in [9.17, 15) is 4.79 Å². The third-order valence-corrected chi connectivity index (χ3v) is 6.40. The van der Waals surface area contributed by atoms with Crippen molar-refractivity contribution in [2.75, 3.05) is 29.1 Å². The van der Waals surface area contributed by atoms with Crippen molar-refractivity contribution in [3.05, 3.63) is 78.8 Å². The molecule has 5 rings (SSSR count). The number of amides is 1. The number of furan rings is 1. The van der Waals surface area contributed by atoms with E-state index in [0.29, 0.717) is 23.1 Å². The lowest BCUT2D eigenvalue weighted by Crippen LogP contribution is -2.22. The maximum absolute atomic E-state index is 12.6. The Morgan fingerprint density at radius 1 is 0.971 bits per heavy atom. The normalized spacial score (nSPS) is 13.2. The van der Waals surface area contributed by atoms with Gasteiger partial charge in [-0.2, -0.15) is 0 Å². The van der Waals surface area contributed by atoms with Crippen LogP contribution in [-0.4, -0.2) is 39.5 Å². The van der Waals surface area contributed by atoms with Gasteiger partial charge in [0.05, 0.1) is 18.6 Å². The zero-order valence-corrected chi connectivity index (χ0v) is 19.4. The Balaban J connectivity index is 1.20. The summed E-state index contributed by atoms with van der Waals surface area (Å²) in [6.45, 7) is 2.45. The van der Waals surface area contributed by atoms with Crippen molar-refractivity contribution in [1.82, 2.24) is 14.8 Å². The number of aromatic nitrogens is 3. The summed E-state index contributed by atoms with van der Waals surface area (Å²) in [4.78, 5) is 14.8. The average molecular weight is 476 g/mol. The zero-order valence-electron chi connectivity index (χ0n) is 18.6. The highest BCUT2D eigenvalue weighted by molar-refractivity contribution is 7.99. The quantitative estimate of drug-likeness (QED) is 0.339. The molecule has 1 saturated heterocycles. The minimum Gasteiger partial charge on any atom is -0.467 e. The SMILES string of the molecule is O=C(CSc1nnc(N2CCCC2)n1Cc1ccco1)Nc1ccc(Oc2ccccc2)cc1. The Hall–Kier alpha value is -3.72. The molecule has 0 saturated carbocycles. The summed E-state index contributed by atoms with van der Waals surface area (Å²) >= 11 is 1.37. The lowest BCUT2D eigenvalue weighted by atomic mass is 10.3. The van der Waals surface area contributed by atoms with E-state index in [1.165, 1.54) is 11.8 Å². The molecule has 2 aromatic heterocycles. The molecule has 0 bridgehead atoms. The van der Waals surface area contributed by atoms with Crippen molar-refractivity contribution in [3.8, 4) is 11.5 Å². The number of ether oxygens (including phenoxy) is 1. The highest BCUT2D eigenvalue weighted by atomic mass is 32.2. The third-order valence-electron chi connectivity index (χ3n) is 5.43. The summed E-state index contributed by atoms with van der Waals surface area (Å²) in [5.41, 5.74) is 0.709. The molecule has 0 aliphatic carbocycles. The minimum atomic E-state index is -0.114. The fourth-order valence-electron chi connectivity index (χ4n) is 3.79. The minimum absolute atomic E-state index is 0.114. The summed E-state index contributed by atoms with van der Waals surface area (Å²) in [5.74, 6) is 3.23. The molecule has 9 heteroatoms. The molecule has 4 aromatic rings. The van der Waals surface area contributed by atoms with E-state index >= 15 is 0 Å². The van der Waals surface area contributed by atoms with E-state index in [-0.39, 0.29) is 11.7 Å². The summed E-state index contributed by atoms with van der Waals surface area (Å²) in [6, 6.07) is 20.7. The predicted molar refractivity (Wildman–Crippen MR) is 132 cm³/mol. The van der Waals surface area contributed by atoms with Crippen molar-refractivity contribution in [2.45, 2.75) is 24.5 Å². The van der Waals surface area contributed by atoms with Gasteiger partial charge in [0, 0.05) is 18.8 Å². The second kappa shape index (κ2) is 10.5. The van der Waals surface area contributed by atoms with E-state index < -0.39 is 0 Å². The number of carbonyl (C=O) groups is 1. The van der Waals surface area contributed by atoms with Crippen LogP contribution in [0.5, 0.6) is 11.5 Å². The molecule has 34 heavy (non-hydrogen) atoms. The van der Waals surface area contributed by atoms with Gasteiger partial charge >= 0.3 is 0 Å². The number of carbonyl (C=O) groups excluding carboxylic acids is 1. The van der Waals surface area contributed by atoms with Gasteiger partial charge in [-0.1, -0.05) is 30.0 Å². The molecule has 8 nitrogen and oxygen atoms in total. The Kier molecular flexibility index (Phi) is 6.81. The van der Waals surface area contributed by atoms with E-state index in [1.54, 1.807) is 6.26 Å². The summed E-state index contributed by atoms with van der Waals surface area (Å²) in [6.07, 6.45) is 3.95. The largest absolute Gasteiger partial charge is 0.467 e. The number of nitrogens with zero attached hydrogens (tertiary/aromatic N) is 4. The van der Waals surface area contributed by atoms with E-state index in [2.05, 4.69) is 20.4 Å². The molecule has 1 aliphatic heterocycles. The monoisotopic (exact) mass is 475 g/mol. The van der Waals surface area contributed by atoms with Crippen LogP contribution in [0.4, 0.5) is 11.6 Å². The highest BCUT2D eigenvalue weighted by Crippen LogP contribution is 2.27. The first-order valence-electron chi connectivity index (χ1n) is 11.2. The maximum Gasteiger partial charge on any atom is 0.234 e. The number of para-hydroxylation sites is 1. The van der Waals surface area contributed by atoms with Crippen molar-refractivity contribution in [3.63, 3.8) is 0 Å². The van der Waals surface area contributed by atoms with Gasteiger partial charge in [0.25, 0.3) is 0 Å². The second-order valence-electron chi connectivity index (χ2n) is 7.92. The van der Waals surface area contributed by atoms with Crippen LogP contribution in [0.3, 0.4) is 0 Å². The van der Waals surface area contributed by atoms with Gasteiger partial charge < -0.3 is 19.4 Å². The first-order valence-corrected chi connectivity index (χ1v) is 12.2. The Bertz CT molecular complexity index is 1200. The van der Waals surface area contributed by atoms with Gasteiger partial charge in [-0.15, -0.1) is 10.2 Å². The van der Waals surface area contributed by atoms with Crippen LogP contribution in [0.15, 0.2) is 82.6 Å². The molecule has 0 atom stereocenters. The lowest BCUT2D eigenvalue weighted by Gasteiger charge is -2.17. The van der Waals surface area contributed by atoms with Crippen LogP contribution in [0.25, 0.3) is 0 Å². The summed E-state index contributed by atoms with van der Waals surface area (Å²) in [7, 11) is 0. The van der Waals surface area contributed by atoms with Crippen molar-refractivity contribution >= 4 is 29.3 Å². The molecular formula is C25H25N5O3S. The number of rotatable bonds is 9. The number of thioether (sulfide) groups is 1. The molecule has 1 amide bonds. The molecule has 0 unspecified atom stereocenters. The fraction of sp³-hybridized carbons (Fsp3) is 0.240. The topological polar surface area (TPSA) is 85.4 Å². The number of hydrogen-bond donors (Lipinski definition) is 1. The molecule has 0 radical (unpaired) electrons.